The van der Waals surface area contributed by atoms with Crippen molar-refractivity contribution in [2.45, 2.75) is 44.7 Å². The number of ether oxygens (including phenoxy) is 1. The Morgan fingerprint density at radius 3 is 2.70 bits per heavy atom. The van der Waals surface area contributed by atoms with Crippen molar-refractivity contribution in [2.75, 3.05) is 18.8 Å². The lowest BCUT2D eigenvalue weighted by Crippen LogP contribution is -2.48. The standard InChI is InChI=1S/C17H23N3O2S/c1-4-20-15-8-6-5-7-14(15)18-17(20)23-11-16(21)19-9-12(2)22-13(3)10-19/h5-8,12-13H,4,9-11H2,1-3H3/t12-,13+. The fourth-order valence-electron chi connectivity index (χ4n) is 3.07. The average Bonchev–Trinajstić information content (AvgIpc) is 2.89. The smallest absolute Gasteiger partial charge is 0.233 e. The van der Waals surface area contributed by atoms with Crippen molar-refractivity contribution in [1.29, 1.82) is 0 Å². The van der Waals surface area contributed by atoms with Crippen LogP contribution < -0.4 is 0 Å². The lowest BCUT2D eigenvalue weighted by Gasteiger charge is -2.35. The second-order valence-corrected chi connectivity index (χ2v) is 6.91. The number of amides is 1. The topological polar surface area (TPSA) is 47.4 Å². The first-order chi connectivity index (χ1) is 11.1. The third-order valence-electron chi connectivity index (χ3n) is 4.03. The number of aromatic nitrogens is 2. The van der Waals surface area contributed by atoms with E-state index >= 15 is 0 Å². The van der Waals surface area contributed by atoms with Gasteiger partial charge in [0.15, 0.2) is 5.16 Å². The summed E-state index contributed by atoms with van der Waals surface area (Å²) in [6.45, 7) is 8.33. The first-order valence-electron chi connectivity index (χ1n) is 8.09. The maximum atomic E-state index is 12.5. The van der Waals surface area contributed by atoms with E-state index in [-0.39, 0.29) is 18.1 Å². The third-order valence-corrected chi connectivity index (χ3v) is 4.99. The van der Waals surface area contributed by atoms with Crippen molar-refractivity contribution >= 4 is 28.7 Å². The average molecular weight is 333 g/mol. The van der Waals surface area contributed by atoms with Gasteiger partial charge in [0.25, 0.3) is 0 Å². The summed E-state index contributed by atoms with van der Waals surface area (Å²) < 4.78 is 7.85. The van der Waals surface area contributed by atoms with E-state index in [1.807, 2.05) is 36.9 Å². The van der Waals surface area contributed by atoms with Crippen LogP contribution in [0, 0.1) is 0 Å². The largest absolute Gasteiger partial charge is 0.372 e. The Balaban J connectivity index is 1.69. The minimum atomic E-state index is 0.105. The number of fused-ring (bicyclic) bond motifs is 1. The highest BCUT2D eigenvalue weighted by molar-refractivity contribution is 7.99. The molecule has 23 heavy (non-hydrogen) atoms. The van der Waals surface area contributed by atoms with Gasteiger partial charge in [-0.3, -0.25) is 4.79 Å². The van der Waals surface area contributed by atoms with Gasteiger partial charge in [-0.25, -0.2) is 4.98 Å². The normalized spacial score (nSPS) is 21.8. The molecule has 124 valence electrons. The quantitative estimate of drug-likeness (QED) is 0.807. The summed E-state index contributed by atoms with van der Waals surface area (Å²) >= 11 is 1.52. The molecule has 0 unspecified atom stereocenters. The van der Waals surface area contributed by atoms with Gasteiger partial charge in [0.05, 0.1) is 29.0 Å². The molecule has 0 aliphatic carbocycles. The van der Waals surface area contributed by atoms with Crippen LogP contribution in [0.5, 0.6) is 0 Å². The molecule has 1 aliphatic rings. The van der Waals surface area contributed by atoms with E-state index in [1.165, 1.54) is 11.8 Å². The molecule has 1 saturated heterocycles. The summed E-state index contributed by atoms with van der Waals surface area (Å²) in [5.41, 5.74) is 2.11. The number of hydrogen-bond donors (Lipinski definition) is 0. The van der Waals surface area contributed by atoms with Crippen LogP contribution >= 0.6 is 11.8 Å². The predicted molar refractivity (Wildman–Crippen MR) is 92.7 cm³/mol. The number of para-hydroxylation sites is 2. The summed E-state index contributed by atoms with van der Waals surface area (Å²) in [6.07, 6.45) is 0.209. The van der Waals surface area contributed by atoms with Crippen molar-refractivity contribution < 1.29 is 9.53 Å². The fourth-order valence-corrected chi connectivity index (χ4v) is 4.05. The molecule has 1 aromatic heterocycles. The Morgan fingerprint density at radius 1 is 1.30 bits per heavy atom. The van der Waals surface area contributed by atoms with Crippen LogP contribution in [0.2, 0.25) is 0 Å². The van der Waals surface area contributed by atoms with Crippen LogP contribution in [0.3, 0.4) is 0 Å². The number of nitrogens with zero attached hydrogens (tertiary/aromatic N) is 3. The van der Waals surface area contributed by atoms with E-state index in [9.17, 15) is 4.79 Å². The molecule has 0 bridgehead atoms. The van der Waals surface area contributed by atoms with Crippen molar-refractivity contribution in [3.63, 3.8) is 0 Å². The van der Waals surface area contributed by atoms with Gasteiger partial charge in [0.2, 0.25) is 5.91 Å². The number of rotatable bonds is 4. The molecule has 6 heteroatoms. The zero-order valence-electron chi connectivity index (χ0n) is 13.9. The maximum Gasteiger partial charge on any atom is 0.233 e. The molecule has 3 rings (SSSR count). The number of thioether (sulfide) groups is 1. The number of benzene rings is 1. The van der Waals surface area contributed by atoms with Crippen molar-refractivity contribution in [3.8, 4) is 0 Å². The van der Waals surface area contributed by atoms with E-state index in [0.29, 0.717) is 18.8 Å². The highest BCUT2D eigenvalue weighted by Crippen LogP contribution is 2.24. The molecule has 0 radical (unpaired) electrons. The van der Waals surface area contributed by atoms with Crippen LogP contribution in [0.4, 0.5) is 0 Å². The van der Waals surface area contributed by atoms with E-state index in [2.05, 4.69) is 22.5 Å². The molecule has 2 aromatic rings. The number of carbonyl (C=O) groups is 1. The number of hydrogen-bond acceptors (Lipinski definition) is 4. The molecular formula is C17H23N3O2S. The van der Waals surface area contributed by atoms with Crippen LogP contribution in [0.1, 0.15) is 20.8 Å². The second kappa shape index (κ2) is 6.93. The summed E-state index contributed by atoms with van der Waals surface area (Å²) in [5, 5.41) is 0.913. The highest BCUT2D eigenvalue weighted by atomic mass is 32.2. The van der Waals surface area contributed by atoms with E-state index in [1.54, 1.807) is 0 Å². The third kappa shape index (κ3) is 3.53. The van der Waals surface area contributed by atoms with Gasteiger partial charge in [0, 0.05) is 19.6 Å². The van der Waals surface area contributed by atoms with E-state index < -0.39 is 0 Å². The summed E-state index contributed by atoms with van der Waals surface area (Å²) in [5.74, 6) is 0.578. The first kappa shape index (κ1) is 16.3. The predicted octanol–water partition coefficient (Wildman–Crippen LogP) is 2.78. The monoisotopic (exact) mass is 333 g/mol. The number of imidazole rings is 1. The number of carbonyl (C=O) groups excluding carboxylic acids is 1. The molecule has 2 heterocycles. The van der Waals surface area contributed by atoms with Crippen molar-refractivity contribution in [3.05, 3.63) is 24.3 Å². The zero-order valence-corrected chi connectivity index (χ0v) is 14.7. The van der Waals surface area contributed by atoms with E-state index in [4.69, 9.17) is 4.74 Å². The summed E-state index contributed by atoms with van der Waals surface area (Å²) in [6, 6.07) is 8.10. The molecule has 0 saturated carbocycles. The van der Waals surface area contributed by atoms with Crippen LogP contribution in [-0.4, -0.2) is 51.4 Å². The first-order valence-corrected chi connectivity index (χ1v) is 9.08. The Labute approximate surface area is 141 Å². The van der Waals surface area contributed by atoms with E-state index in [0.717, 1.165) is 22.7 Å². The SMILES string of the molecule is CCn1c(SCC(=O)N2C[C@@H](C)O[C@@H](C)C2)nc2ccccc21. The Kier molecular flexibility index (Phi) is 4.92. The molecule has 0 N–H and O–H groups in total. The van der Waals surface area contributed by atoms with Gasteiger partial charge in [-0.15, -0.1) is 0 Å². The minimum Gasteiger partial charge on any atom is -0.372 e. The minimum absolute atomic E-state index is 0.105. The Hall–Kier alpha value is -1.53. The van der Waals surface area contributed by atoms with Crippen LogP contribution in [0.15, 0.2) is 29.4 Å². The van der Waals surface area contributed by atoms with Gasteiger partial charge in [-0.1, -0.05) is 23.9 Å². The van der Waals surface area contributed by atoms with Gasteiger partial charge in [-0.2, -0.15) is 0 Å². The second-order valence-electron chi connectivity index (χ2n) is 5.97. The highest BCUT2D eigenvalue weighted by Gasteiger charge is 2.26. The molecule has 1 amide bonds. The van der Waals surface area contributed by atoms with Crippen LogP contribution in [0.25, 0.3) is 11.0 Å². The molecule has 2 atom stereocenters. The lowest BCUT2D eigenvalue weighted by molar-refractivity contribution is -0.140. The molecule has 0 spiro atoms. The van der Waals surface area contributed by atoms with Crippen molar-refractivity contribution in [2.24, 2.45) is 0 Å². The molecular weight excluding hydrogens is 310 g/mol. The maximum absolute atomic E-state index is 12.5. The van der Waals surface area contributed by atoms with Gasteiger partial charge in [0.1, 0.15) is 0 Å². The number of morpholine rings is 1. The fraction of sp³-hybridized carbons (Fsp3) is 0.529. The summed E-state index contributed by atoms with van der Waals surface area (Å²) in [4.78, 5) is 19.1. The van der Waals surface area contributed by atoms with Crippen LogP contribution in [-0.2, 0) is 16.1 Å². The van der Waals surface area contributed by atoms with Gasteiger partial charge < -0.3 is 14.2 Å². The summed E-state index contributed by atoms with van der Waals surface area (Å²) in [7, 11) is 0. The molecule has 5 nitrogen and oxygen atoms in total. The Morgan fingerprint density at radius 2 is 2.00 bits per heavy atom. The van der Waals surface area contributed by atoms with Gasteiger partial charge >= 0.3 is 0 Å². The Bertz CT molecular complexity index is 690. The molecule has 1 aromatic carbocycles. The van der Waals surface area contributed by atoms with Gasteiger partial charge in [-0.05, 0) is 32.9 Å². The lowest BCUT2D eigenvalue weighted by atomic mass is 10.2. The van der Waals surface area contributed by atoms with Crippen molar-refractivity contribution in [1.82, 2.24) is 14.5 Å². The zero-order chi connectivity index (χ0) is 16.4. The number of aryl methyl sites for hydroxylation is 1. The molecule has 1 fully saturated rings. The molecule has 1 aliphatic heterocycles.